The van der Waals surface area contributed by atoms with Crippen LogP contribution in [-0.4, -0.2) is 70.8 Å². The van der Waals surface area contributed by atoms with Gasteiger partial charge in [0, 0.05) is 31.9 Å². The van der Waals surface area contributed by atoms with Crippen molar-refractivity contribution in [1.29, 1.82) is 0 Å². The molecule has 0 spiro atoms. The average Bonchev–Trinajstić information content (AvgIpc) is 2.96. The molecule has 0 radical (unpaired) electrons. The van der Waals surface area contributed by atoms with Crippen LogP contribution in [0.2, 0.25) is 5.02 Å². The maximum Gasteiger partial charge on any atom is 0.355 e. The van der Waals surface area contributed by atoms with Gasteiger partial charge >= 0.3 is 5.69 Å². The zero-order valence-corrected chi connectivity index (χ0v) is 26.2. The minimum atomic E-state index is -3.87. The van der Waals surface area contributed by atoms with Gasteiger partial charge in [0.2, 0.25) is 5.91 Å². The molecule has 2 aromatic carbocycles. The number of phenolic OH excluding ortho intramolecular Hbond substituents is 1. The number of halogens is 2. The standard InChI is InChI=1S/C31H31ClFN5O5S/c1-6-25(40)36-13-14-37(18(4)16-36)29-20-15-22(33)27(26-21(32)10-8-11-23(26)39)34-30(20)38(31(41)35-29)28-19(17(2)3)9-7-12-24(28)44(5,42)43/h6-12,15,17-18,39H,1,13-14,16H2,2-5H3/t18-/m0/s1. The van der Waals surface area contributed by atoms with Gasteiger partial charge in [-0.3, -0.25) is 4.79 Å². The predicted molar refractivity (Wildman–Crippen MR) is 168 cm³/mol. The number of hydrogen-bond acceptors (Lipinski definition) is 8. The Morgan fingerprint density at radius 2 is 1.89 bits per heavy atom. The van der Waals surface area contributed by atoms with E-state index in [0.29, 0.717) is 18.7 Å². The second kappa shape index (κ2) is 11.7. The van der Waals surface area contributed by atoms with Crippen LogP contribution in [0.25, 0.3) is 28.0 Å². The van der Waals surface area contributed by atoms with Crippen LogP contribution in [0.5, 0.6) is 5.75 Å². The minimum Gasteiger partial charge on any atom is -0.507 e. The third kappa shape index (κ3) is 5.43. The molecule has 230 valence electrons. The lowest BCUT2D eigenvalue weighted by Gasteiger charge is -2.40. The van der Waals surface area contributed by atoms with E-state index in [1.165, 1.54) is 30.3 Å². The molecule has 5 rings (SSSR count). The summed E-state index contributed by atoms with van der Waals surface area (Å²) in [4.78, 5) is 38.6. The fourth-order valence-electron chi connectivity index (χ4n) is 5.59. The molecule has 4 aromatic rings. The molecule has 1 saturated heterocycles. The summed E-state index contributed by atoms with van der Waals surface area (Å²) in [5.74, 6) is -1.51. The Balaban J connectivity index is 1.90. The first-order chi connectivity index (χ1) is 20.7. The van der Waals surface area contributed by atoms with Gasteiger partial charge in [0.05, 0.1) is 26.6 Å². The van der Waals surface area contributed by atoms with Gasteiger partial charge in [0.15, 0.2) is 21.3 Å². The summed E-state index contributed by atoms with van der Waals surface area (Å²) in [6, 6.07) is 9.82. The summed E-state index contributed by atoms with van der Waals surface area (Å²) >= 11 is 6.38. The first-order valence-electron chi connectivity index (χ1n) is 13.9. The number of fused-ring (bicyclic) bond motifs is 1. The molecule has 3 heterocycles. The number of anilines is 1. The highest BCUT2D eigenvalue weighted by Gasteiger charge is 2.31. The maximum absolute atomic E-state index is 16.0. The fraction of sp³-hybridized carbons (Fsp3) is 0.290. The smallest absolute Gasteiger partial charge is 0.355 e. The van der Waals surface area contributed by atoms with Gasteiger partial charge < -0.3 is 14.9 Å². The SMILES string of the molecule is C=CC(=O)N1CCN(c2nc(=O)n(-c3c(C(C)C)cccc3S(C)(=O)=O)c3nc(-c4c(O)cccc4Cl)c(F)cc23)[C@@H](C)C1. The lowest BCUT2D eigenvalue weighted by Crippen LogP contribution is -2.54. The van der Waals surface area contributed by atoms with E-state index >= 15 is 4.39 Å². The number of sulfone groups is 1. The van der Waals surface area contributed by atoms with Crippen molar-refractivity contribution < 1.29 is 22.7 Å². The second-order valence-electron chi connectivity index (χ2n) is 11.0. The van der Waals surface area contributed by atoms with E-state index in [4.69, 9.17) is 11.6 Å². The Labute approximate surface area is 259 Å². The van der Waals surface area contributed by atoms with Crippen LogP contribution >= 0.6 is 11.6 Å². The van der Waals surface area contributed by atoms with Gasteiger partial charge in [0.1, 0.15) is 17.3 Å². The number of phenols is 1. The number of benzene rings is 2. The van der Waals surface area contributed by atoms with Crippen molar-refractivity contribution in [2.75, 3.05) is 30.8 Å². The zero-order valence-electron chi connectivity index (χ0n) is 24.6. The predicted octanol–water partition coefficient (Wildman–Crippen LogP) is 4.70. The zero-order chi connectivity index (χ0) is 32.1. The summed E-state index contributed by atoms with van der Waals surface area (Å²) in [7, 11) is -3.87. The largest absolute Gasteiger partial charge is 0.507 e. The summed E-state index contributed by atoms with van der Waals surface area (Å²) in [6.45, 7) is 9.98. The lowest BCUT2D eigenvalue weighted by atomic mass is 10.0. The Morgan fingerprint density at radius 3 is 2.50 bits per heavy atom. The number of aromatic hydroxyl groups is 1. The number of rotatable bonds is 6. The molecule has 0 unspecified atom stereocenters. The molecule has 13 heteroatoms. The molecule has 44 heavy (non-hydrogen) atoms. The molecule has 1 fully saturated rings. The Kier molecular flexibility index (Phi) is 8.25. The average molecular weight is 640 g/mol. The number of hydrogen-bond donors (Lipinski definition) is 1. The van der Waals surface area contributed by atoms with Crippen molar-refractivity contribution in [3.63, 3.8) is 0 Å². The summed E-state index contributed by atoms with van der Waals surface area (Å²) in [6.07, 6.45) is 2.27. The number of carbonyl (C=O) groups excluding carboxylic acids is 1. The number of piperazine rings is 1. The van der Waals surface area contributed by atoms with E-state index in [9.17, 15) is 23.1 Å². The normalized spacial score (nSPS) is 15.7. The highest BCUT2D eigenvalue weighted by atomic mass is 35.5. The van der Waals surface area contributed by atoms with Crippen LogP contribution in [0.3, 0.4) is 0 Å². The molecule has 0 saturated carbocycles. The van der Waals surface area contributed by atoms with Crippen LogP contribution in [-0.2, 0) is 14.6 Å². The number of carbonyl (C=O) groups is 1. The monoisotopic (exact) mass is 639 g/mol. The van der Waals surface area contributed by atoms with Crippen molar-refractivity contribution in [3.05, 3.63) is 82.0 Å². The lowest BCUT2D eigenvalue weighted by molar-refractivity contribution is -0.126. The molecule has 1 N–H and O–H groups in total. The quantitative estimate of drug-likeness (QED) is 0.301. The maximum atomic E-state index is 16.0. The van der Waals surface area contributed by atoms with Crippen molar-refractivity contribution in [2.45, 2.75) is 37.6 Å². The van der Waals surface area contributed by atoms with E-state index in [1.54, 1.807) is 21.9 Å². The molecule has 0 aliphatic carbocycles. The number of pyridine rings is 1. The van der Waals surface area contributed by atoms with Gasteiger partial charge in [-0.25, -0.2) is 27.2 Å². The Morgan fingerprint density at radius 1 is 1.18 bits per heavy atom. The molecule has 1 atom stereocenters. The highest BCUT2D eigenvalue weighted by Crippen LogP contribution is 2.39. The van der Waals surface area contributed by atoms with E-state index in [0.717, 1.165) is 16.9 Å². The van der Waals surface area contributed by atoms with Crippen LogP contribution in [0, 0.1) is 5.82 Å². The molecule has 1 aliphatic heterocycles. The van der Waals surface area contributed by atoms with Gasteiger partial charge in [-0.05, 0) is 48.7 Å². The molecule has 1 amide bonds. The molecular weight excluding hydrogens is 609 g/mol. The van der Waals surface area contributed by atoms with E-state index in [1.807, 2.05) is 20.8 Å². The summed E-state index contributed by atoms with van der Waals surface area (Å²) < 4.78 is 43.2. The van der Waals surface area contributed by atoms with Crippen molar-refractivity contribution in [3.8, 4) is 22.7 Å². The van der Waals surface area contributed by atoms with Gasteiger partial charge in [-0.1, -0.05) is 50.2 Å². The molecule has 2 aromatic heterocycles. The first-order valence-corrected chi connectivity index (χ1v) is 16.1. The van der Waals surface area contributed by atoms with Crippen LogP contribution < -0.4 is 10.6 Å². The molecule has 0 bridgehead atoms. The molecular formula is C31H31ClFN5O5S. The van der Waals surface area contributed by atoms with Crippen LogP contribution in [0.4, 0.5) is 10.2 Å². The first kappa shape index (κ1) is 31.1. The minimum absolute atomic E-state index is 0.0231. The number of amides is 1. The summed E-state index contributed by atoms with van der Waals surface area (Å²) in [5.41, 5.74) is -0.744. The highest BCUT2D eigenvalue weighted by molar-refractivity contribution is 7.90. The van der Waals surface area contributed by atoms with Gasteiger partial charge in [-0.2, -0.15) is 4.98 Å². The Bertz CT molecular complexity index is 1980. The van der Waals surface area contributed by atoms with Crippen LogP contribution in [0.1, 0.15) is 32.3 Å². The van der Waals surface area contributed by atoms with Gasteiger partial charge in [-0.15, -0.1) is 0 Å². The van der Waals surface area contributed by atoms with E-state index in [-0.39, 0.29) is 73.9 Å². The number of nitrogens with zero attached hydrogens (tertiary/aromatic N) is 5. The molecule has 10 nitrogen and oxygen atoms in total. The fourth-order valence-corrected chi connectivity index (χ4v) is 6.74. The Hall–Kier alpha value is -4.29. The topological polar surface area (TPSA) is 126 Å². The van der Waals surface area contributed by atoms with Crippen LogP contribution in [0.15, 0.2) is 64.8 Å². The molecule has 1 aliphatic rings. The van der Waals surface area contributed by atoms with E-state index in [2.05, 4.69) is 16.5 Å². The third-order valence-electron chi connectivity index (χ3n) is 7.69. The van der Waals surface area contributed by atoms with Crippen molar-refractivity contribution in [1.82, 2.24) is 19.4 Å². The summed E-state index contributed by atoms with van der Waals surface area (Å²) in [5, 5.41) is 10.8. The van der Waals surface area contributed by atoms with Crippen molar-refractivity contribution >= 4 is 44.2 Å². The number of para-hydroxylation sites is 1. The number of aromatic nitrogens is 3. The van der Waals surface area contributed by atoms with Crippen molar-refractivity contribution in [2.24, 2.45) is 0 Å². The van der Waals surface area contributed by atoms with Gasteiger partial charge in [0.25, 0.3) is 0 Å². The second-order valence-corrected chi connectivity index (χ2v) is 13.4. The third-order valence-corrected chi connectivity index (χ3v) is 9.13. The van der Waals surface area contributed by atoms with E-state index < -0.39 is 21.3 Å².